The smallest absolute Gasteiger partial charge is 0.319 e. The summed E-state index contributed by atoms with van der Waals surface area (Å²) in [4.78, 5) is 23.8. The van der Waals surface area contributed by atoms with Gasteiger partial charge in [0, 0.05) is 6.54 Å². The minimum atomic E-state index is -1.42. The van der Waals surface area contributed by atoms with Crippen LogP contribution in [0.1, 0.15) is 18.4 Å². The van der Waals surface area contributed by atoms with Crippen LogP contribution in [-0.2, 0) is 16.1 Å². The van der Waals surface area contributed by atoms with Crippen molar-refractivity contribution < 1.29 is 24.2 Å². The van der Waals surface area contributed by atoms with Gasteiger partial charge in [0.05, 0.1) is 19.2 Å². The predicted octanol–water partition coefficient (Wildman–Crippen LogP) is 2.39. The van der Waals surface area contributed by atoms with E-state index < -0.39 is 17.3 Å². The molecule has 1 aliphatic carbocycles. The molecule has 1 amide bonds. The lowest BCUT2D eigenvalue weighted by molar-refractivity contribution is -0.155. The van der Waals surface area contributed by atoms with E-state index in [9.17, 15) is 14.7 Å². The fraction of sp³-hybridized carbons (Fsp3) is 0.375. The molecule has 7 heteroatoms. The molecule has 1 aromatic carbocycles. The molecule has 0 aromatic heterocycles. The first-order chi connectivity index (χ1) is 10.9. The molecule has 0 bridgehead atoms. The first kappa shape index (κ1) is 17.1. The van der Waals surface area contributed by atoms with Gasteiger partial charge in [-0.3, -0.25) is 9.59 Å². The van der Waals surface area contributed by atoms with E-state index >= 15 is 0 Å². The van der Waals surface area contributed by atoms with Gasteiger partial charge in [0.25, 0.3) is 0 Å². The average molecular weight is 340 g/mol. The molecule has 0 aliphatic heterocycles. The Morgan fingerprint density at radius 1 is 1.26 bits per heavy atom. The number of carboxylic acids is 1. The Hall–Kier alpha value is -2.21. The standard InChI is InChI=1S/C16H18ClNO5/c1-22-12-8-10(7-11(17)13(12)23-2)9-18-14(19)16(15(20)21)5-3-4-6-16/h3-4,7-8H,5-6,9H2,1-2H3,(H,18,19)(H,20,21). The molecule has 0 saturated heterocycles. The molecule has 0 saturated carbocycles. The number of aliphatic carboxylic acids is 1. The highest BCUT2D eigenvalue weighted by Gasteiger charge is 2.46. The van der Waals surface area contributed by atoms with E-state index in [-0.39, 0.29) is 19.4 Å². The van der Waals surface area contributed by atoms with Crippen molar-refractivity contribution in [3.05, 3.63) is 34.9 Å². The quantitative estimate of drug-likeness (QED) is 0.614. The molecular weight excluding hydrogens is 322 g/mol. The predicted molar refractivity (Wildman–Crippen MR) is 84.8 cm³/mol. The van der Waals surface area contributed by atoms with E-state index in [2.05, 4.69) is 5.32 Å². The van der Waals surface area contributed by atoms with E-state index in [1.807, 2.05) is 0 Å². The summed E-state index contributed by atoms with van der Waals surface area (Å²) < 4.78 is 10.3. The third kappa shape index (κ3) is 3.27. The molecule has 0 atom stereocenters. The Morgan fingerprint density at radius 2 is 1.91 bits per heavy atom. The zero-order valence-electron chi connectivity index (χ0n) is 12.9. The maximum Gasteiger partial charge on any atom is 0.319 e. The van der Waals surface area contributed by atoms with Gasteiger partial charge in [-0.15, -0.1) is 0 Å². The molecule has 124 valence electrons. The van der Waals surface area contributed by atoms with Crippen molar-refractivity contribution in [3.63, 3.8) is 0 Å². The first-order valence-electron chi connectivity index (χ1n) is 7.01. The van der Waals surface area contributed by atoms with Crippen LogP contribution in [0.5, 0.6) is 11.5 Å². The van der Waals surface area contributed by atoms with Crippen molar-refractivity contribution in [3.8, 4) is 11.5 Å². The summed E-state index contributed by atoms with van der Waals surface area (Å²) in [6.07, 6.45) is 3.81. The van der Waals surface area contributed by atoms with Gasteiger partial charge in [-0.2, -0.15) is 0 Å². The summed E-state index contributed by atoms with van der Waals surface area (Å²) in [5, 5.41) is 12.4. The number of nitrogens with one attached hydrogen (secondary N) is 1. The Bertz CT molecular complexity index is 648. The lowest BCUT2D eigenvalue weighted by Gasteiger charge is -2.22. The number of benzene rings is 1. The summed E-state index contributed by atoms with van der Waals surface area (Å²) in [7, 11) is 2.97. The monoisotopic (exact) mass is 339 g/mol. The molecule has 2 N–H and O–H groups in total. The highest BCUT2D eigenvalue weighted by Crippen LogP contribution is 2.37. The summed E-state index contributed by atoms with van der Waals surface area (Å²) in [5.41, 5.74) is -0.729. The van der Waals surface area contributed by atoms with Gasteiger partial charge in [-0.1, -0.05) is 23.8 Å². The second kappa shape index (κ2) is 6.91. The van der Waals surface area contributed by atoms with Crippen LogP contribution < -0.4 is 14.8 Å². The molecular formula is C16H18ClNO5. The number of amides is 1. The molecule has 1 aliphatic rings. The van der Waals surface area contributed by atoms with Crippen LogP contribution in [0.15, 0.2) is 24.3 Å². The van der Waals surface area contributed by atoms with Crippen molar-refractivity contribution >= 4 is 23.5 Å². The van der Waals surface area contributed by atoms with Crippen LogP contribution in [0.3, 0.4) is 0 Å². The number of methoxy groups -OCH3 is 2. The van der Waals surface area contributed by atoms with Gasteiger partial charge in [-0.25, -0.2) is 0 Å². The molecule has 0 fully saturated rings. The zero-order chi connectivity index (χ0) is 17.0. The molecule has 0 unspecified atom stereocenters. The van der Waals surface area contributed by atoms with Crippen LogP contribution in [0.2, 0.25) is 5.02 Å². The number of hydrogen-bond acceptors (Lipinski definition) is 4. The number of ether oxygens (including phenoxy) is 2. The summed E-state index contributed by atoms with van der Waals surface area (Å²) in [6, 6.07) is 3.33. The summed E-state index contributed by atoms with van der Waals surface area (Å²) >= 11 is 6.11. The second-order valence-corrected chi connectivity index (χ2v) is 5.67. The lowest BCUT2D eigenvalue weighted by Crippen LogP contribution is -2.44. The Balaban J connectivity index is 2.13. The zero-order valence-corrected chi connectivity index (χ0v) is 13.6. The largest absolute Gasteiger partial charge is 0.493 e. The molecule has 2 rings (SSSR count). The number of carbonyl (C=O) groups is 2. The molecule has 0 spiro atoms. The Kier molecular flexibility index (Phi) is 5.15. The van der Waals surface area contributed by atoms with Crippen molar-refractivity contribution in [2.24, 2.45) is 5.41 Å². The molecule has 0 heterocycles. The van der Waals surface area contributed by atoms with Gasteiger partial charge in [0.1, 0.15) is 0 Å². The van der Waals surface area contributed by atoms with E-state index in [1.165, 1.54) is 14.2 Å². The summed E-state index contributed by atoms with van der Waals surface area (Å²) in [5.74, 6) is -0.780. The number of allylic oxidation sites excluding steroid dienone is 2. The maximum atomic E-state index is 12.3. The van der Waals surface area contributed by atoms with E-state index in [0.29, 0.717) is 22.1 Å². The van der Waals surface area contributed by atoms with Crippen LogP contribution in [0.25, 0.3) is 0 Å². The second-order valence-electron chi connectivity index (χ2n) is 5.26. The van der Waals surface area contributed by atoms with E-state index in [4.69, 9.17) is 21.1 Å². The maximum absolute atomic E-state index is 12.3. The minimum absolute atomic E-state index is 0.147. The average Bonchev–Trinajstić information content (AvgIpc) is 3.03. The number of carbonyl (C=O) groups excluding carboxylic acids is 1. The first-order valence-corrected chi connectivity index (χ1v) is 7.39. The van der Waals surface area contributed by atoms with Crippen molar-refractivity contribution in [1.82, 2.24) is 5.32 Å². The molecule has 6 nitrogen and oxygen atoms in total. The van der Waals surface area contributed by atoms with Crippen LogP contribution in [0.4, 0.5) is 0 Å². The van der Waals surface area contributed by atoms with Gasteiger partial charge in [0.2, 0.25) is 5.91 Å². The number of halogens is 1. The molecule has 0 radical (unpaired) electrons. The summed E-state index contributed by atoms with van der Waals surface area (Å²) in [6.45, 7) is 0.147. The number of carboxylic acid groups (broad SMARTS) is 1. The van der Waals surface area contributed by atoms with Gasteiger partial charge in [-0.05, 0) is 30.5 Å². The molecule has 1 aromatic rings. The topological polar surface area (TPSA) is 84.9 Å². The third-order valence-corrected chi connectivity index (χ3v) is 4.17. The van der Waals surface area contributed by atoms with E-state index in [1.54, 1.807) is 24.3 Å². The van der Waals surface area contributed by atoms with Crippen molar-refractivity contribution in [2.75, 3.05) is 14.2 Å². The highest BCUT2D eigenvalue weighted by atomic mass is 35.5. The van der Waals surface area contributed by atoms with Crippen molar-refractivity contribution in [1.29, 1.82) is 0 Å². The van der Waals surface area contributed by atoms with Gasteiger partial charge < -0.3 is 19.9 Å². The number of rotatable bonds is 6. The number of hydrogen-bond donors (Lipinski definition) is 2. The normalized spacial score (nSPS) is 15.3. The fourth-order valence-corrected chi connectivity index (χ4v) is 2.84. The highest BCUT2D eigenvalue weighted by molar-refractivity contribution is 6.32. The minimum Gasteiger partial charge on any atom is -0.493 e. The Morgan fingerprint density at radius 3 is 2.43 bits per heavy atom. The van der Waals surface area contributed by atoms with Crippen LogP contribution in [0, 0.1) is 5.41 Å². The molecule has 23 heavy (non-hydrogen) atoms. The van der Waals surface area contributed by atoms with Gasteiger partial charge >= 0.3 is 5.97 Å². The van der Waals surface area contributed by atoms with Crippen molar-refractivity contribution in [2.45, 2.75) is 19.4 Å². The third-order valence-electron chi connectivity index (χ3n) is 3.89. The van der Waals surface area contributed by atoms with Gasteiger partial charge in [0.15, 0.2) is 16.9 Å². The Labute approximate surface area is 139 Å². The SMILES string of the molecule is COc1cc(CNC(=O)C2(C(=O)O)CC=CC2)cc(Cl)c1OC. The van der Waals surface area contributed by atoms with Crippen LogP contribution >= 0.6 is 11.6 Å². The van der Waals surface area contributed by atoms with E-state index in [0.717, 1.165) is 0 Å². The lowest BCUT2D eigenvalue weighted by atomic mass is 9.84. The fourth-order valence-electron chi connectivity index (χ4n) is 2.53. The van der Waals surface area contributed by atoms with Crippen LogP contribution in [-0.4, -0.2) is 31.2 Å².